The van der Waals surface area contributed by atoms with Crippen LogP contribution < -0.4 is 10.1 Å². The fraction of sp³-hybridized carbons (Fsp3) is 0.350. The first-order valence-corrected chi connectivity index (χ1v) is 8.55. The van der Waals surface area contributed by atoms with E-state index in [0.717, 1.165) is 0 Å². The molecule has 1 saturated heterocycles. The average molecular weight is 359 g/mol. The SMILES string of the molecule is CO[C@@H]1COCC[C@H]1NC(=O)c1ccc(OCc2ccccc2F)cc1. The highest BCUT2D eigenvalue weighted by atomic mass is 19.1. The third-order valence-corrected chi connectivity index (χ3v) is 4.39. The Balaban J connectivity index is 1.56. The van der Waals surface area contributed by atoms with Gasteiger partial charge in [0.2, 0.25) is 0 Å². The Morgan fingerprint density at radius 1 is 1.23 bits per heavy atom. The number of hydrogen-bond acceptors (Lipinski definition) is 4. The molecule has 0 unspecified atom stereocenters. The maximum Gasteiger partial charge on any atom is 0.251 e. The van der Waals surface area contributed by atoms with E-state index in [1.165, 1.54) is 6.07 Å². The van der Waals surface area contributed by atoms with Crippen LogP contribution >= 0.6 is 0 Å². The average Bonchev–Trinajstić information content (AvgIpc) is 2.68. The van der Waals surface area contributed by atoms with Gasteiger partial charge in [0, 0.05) is 24.8 Å². The van der Waals surface area contributed by atoms with Crippen molar-refractivity contribution in [3.05, 3.63) is 65.5 Å². The Morgan fingerprint density at radius 3 is 2.73 bits per heavy atom. The van der Waals surface area contributed by atoms with Gasteiger partial charge in [-0.25, -0.2) is 4.39 Å². The Hall–Kier alpha value is -2.44. The van der Waals surface area contributed by atoms with E-state index in [9.17, 15) is 9.18 Å². The maximum atomic E-state index is 13.6. The molecule has 1 N–H and O–H groups in total. The lowest BCUT2D eigenvalue weighted by molar-refractivity contribution is -0.0479. The van der Waals surface area contributed by atoms with Crippen LogP contribution in [0.1, 0.15) is 22.3 Å². The summed E-state index contributed by atoms with van der Waals surface area (Å²) in [7, 11) is 1.61. The molecule has 2 aromatic rings. The minimum atomic E-state index is -0.298. The number of carbonyl (C=O) groups is 1. The number of halogens is 1. The molecule has 3 rings (SSSR count). The molecule has 0 aromatic heterocycles. The van der Waals surface area contributed by atoms with Gasteiger partial charge < -0.3 is 19.5 Å². The molecule has 2 aromatic carbocycles. The summed E-state index contributed by atoms with van der Waals surface area (Å²) in [5.41, 5.74) is 1.02. The molecule has 0 aliphatic carbocycles. The number of rotatable bonds is 6. The molecule has 26 heavy (non-hydrogen) atoms. The largest absolute Gasteiger partial charge is 0.489 e. The number of amides is 1. The number of methoxy groups -OCH3 is 1. The minimum Gasteiger partial charge on any atom is -0.489 e. The highest BCUT2D eigenvalue weighted by molar-refractivity contribution is 5.94. The number of ether oxygens (including phenoxy) is 3. The molecule has 5 nitrogen and oxygen atoms in total. The lowest BCUT2D eigenvalue weighted by Crippen LogP contribution is -2.49. The molecule has 0 bridgehead atoms. The maximum absolute atomic E-state index is 13.6. The zero-order chi connectivity index (χ0) is 18.4. The molecule has 0 radical (unpaired) electrons. The van der Waals surface area contributed by atoms with Crippen molar-refractivity contribution < 1.29 is 23.4 Å². The van der Waals surface area contributed by atoms with Gasteiger partial charge in [0.1, 0.15) is 24.3 Å². The molecule has 138 valence electrons. The lowest BCUT2D eigenvalue weighted by Gasteiger charge is -2.31. The van der Waals surface area contributed by atoms with Crippen molar-refractivity contribution in [2.75, 3.05) is 20.3 Å². The summed E-state index contributed by atoms with van der Waals surface area (Å²) in [5, 5.41) is 2.99. The van der Waals surface area contributed by atoms with E-state index in [0.29, 0.717) is 36.5 Å². The van der Waals surface area contributed by atoms with Gasteiger partial charge in [-0.2, -0.15) is 0 Å². The second-order valence-corrected chi connectivity index (χ2v) is 6.12. The molecule has 0 spiro atoms. The van der Waals surface area contributed by atoms with Crippen molar-refractivity contribution in [3.8, 4) is 5.75 Å². The minimum absolute atomic E-state index is 0.0711. The Morgan fingerprint density at radius 2 is 2.00 bits per heavy atom. The van der Waals surface area contributed by atoms with Crippen molar-refractivity contribution in [2.45, 2.75) is 25.2 Å². The number of hydrogen-bond donors (Lipinski definition) is 1. The van der Waals surface area contributed by atoms with Gasteiger partial charge in [-0.05, 0) is 36.8 Å². The summed E-state index contributed by atoms with van der Waals surface area (Å²) in [6, 6.07) is 13.2. The van der Waals surface area contributed by atoms with Crippen molar-refractivity contribution >= 4 is 5.91 Å². The molecule has 0 saturated carbocycles. The summed E-state index contributed by atoms with van der Waals surface area (Å²) < 4.78 is 29.9. The first kappa shape index (κ1) is 18.4. The van der Waals surface area contributed by atoms with E-state index >= 15 is 0 Å². The molecular weight excluding hydrogens is 337 g/mol. The second kappa shape index (κ2) is 8.78. The predicted octanol–water partition coefficient (Wildman–Crippen LogP) is 2.94. The number of carbonyl (C=O) groups excluding carboxylic acids is 1. The summed E-state index contributed by atoms with van der Waals surface area (Å²) in [6.45, 7) is 1.22. The van der Waals surface area contributed by atoms with Crippen molar-refractivity contribution in [1.82, 2.24) is 5.32 Å². The van der Waals surface area contributed by atoms with E-state index in [2.05, 4.69) is 5.32 Å². The second-order valence-electron chi connectivity index (χ2n) is 6.12. The van der Waals surface area contributed by atoms with Crippen LogP contribution in [0, 0.1) is 5.82 Å². The van der Waals surface area contributed by atoms with Crippen LogP contribution in [0.25, 0.3) is 0 Å². The molecule has 1 fully saturated rings. The van der Waals surface area contributed by atoms with E-state index in [1.807, 2.05) is 0 Å². The van der Waals surface area contributed by atoms with Crippen LogP contribution in [0.4, 0.5) is 4.39 Å². The number of benzene rings is 2. The van der Waals surface area contributed by atoms with E-state index < -0.39 is 0 Å². The fourth-order valence-corrected chi connectivity index (χ4v) is 2.84. The van der Waals surface area contributed by atoms with E-state index in [4.69, 9.17) is 14.2 Å². The molecule has 2 atom stereocenters. The van der Waals surface area contributed by atoms with Gasteiger partial charge in [-0.3, -0.25) is 4.79 Å². The van der Waals surface area contributed by atoms with Gasteiger partial charge in [0.05, 0.1) is 12.6 Å². The quantitative estimate of drug-likeness (QED) is 0.862. The Labute approximate surface area is 152 Å². The molecule has 1 aliphatic heterocycles. The summed E-state index contributed by atoms with van der Waals surface area (Å²) >= 11 is 0. The first-order valence-electron chi connectivity index (χ1n) is 8.55. The molecule has 1 amide bonds. The highest BCUT2D eigenvalue weighted by Crippen LogP contribution is 2.17. The van der Waals surface area contributed by atoms with Crippen LogP contribution in [-0.2, 0) is 16.1 Å². The molecule has 1 aliphatic rings. The van der Waals surface area contributed by atoms with Crippen LogP contribution in [0.2, 0.25) is 0 Å². The van der Waals surface area contributed by atoms with Crippen LogP contribution in [0.3, 0.4) is 0 Å². The highest BCUT2D eigenvalue weighted by Gasteiger charge is 2.27. The molecular formula is C20H22FNO4. The van der Waals surface area contributed by atoms with E-state index in [-0.39, 0.29) is 30.5 Å². The standard InChI is InChI=1S/C20H22FNO4/c1-24-19-13-25-11-10-18(19)22-20(23)14-6-8-16(9-7-14)26-12-15-4-2-3-5-17(15)21/h2-9,18-19H,10-13H2,1H3,(H,22,23)/t18-,19-/m1/s1. The van der Waals surface area contributed by atoms with Crippen LogP contribution in [0.15, 0.2) is 48.5 Å². The topological polar surface area (TPSA) is 56.8 Å². The Kier molecular flexibility index (Phi) is 6.20. The van der Waals surface area contributed by atoms with Crippen molar-refractivity contribution in [2.24, 2.45) is 0 Å². The van der Waals surface area contributed by atoms with Crippen molar-refractivity contribution in [3.63, 3.8) is 0 Å². The van der Waals surface area contributed by atoms with Crippen LogP contribution in [-0.4, -0.2) is 38.4 Å². The lowest BCUT2D eigenvalue weighted by atomic mass is 10.1. The predicted molar refractivity (Wildman–Crippen MR) is 94.7 cm³/mol. The molecule has 6 heteroatoms. The van der Waals surface area contributed by atoms with Gasteiger partial charge in [-0.15, -0.1) is 0 Å². The Bertz CT molecular complexity index is 735. The fourth-order valence-electron chi connectivity index (χ4n) is 2.84. The number of nitrogens with one attached hydrogen (secondary N) is 1. The van der Waals surface area contributed by atoms with E-state index in [1.54, 1.807) is 49.6 Å². The normalized spacial score (nSPS) is 19.8. The summed E-state index contributed by atoms with van der Waals surface area (Å²) in [4.78, 5) is 12.4. The van der Waals surface area contributed by atoms with Gasteiger partial charge in [-0.1, -0.05) is 18.2 Å². The smallest absolute Gasteiger partial charge is 0.251 e. The zero-order valence-electron chi connectivity index (χ0n) is 14.6. The van der Waals surface area contributed by atoms with Crippen LogP contribution in [0.5, 0.6) is 5.75 Å². The molecule has 1 heterocycles. The third kappa shape index (κ3) is 4.59. The van der Waals surface area contributed by atoms with Gasteiger partial charge in [0.15, 0.2) is 0 Å². The van der Waals surface area contributed by atoms with Gasteiger partial charge >= 0.3 is 0 Å². The summed E-state index contributed by atoms with van der Waals surface area (Å²) in [6.07, 6.45) is 0.574. The third-order valence-electron chi connectivity index (χ3n) is 4.39. The first-order chi connectivity index (χ1) is 12.7. The monoisotopic (exact) mass is 359 g/mol. The zero-order valence-corrected chi connectivity index (χ0v) is 14.6. The summed E-state index contributed by atoms with van der Waals surface area (Å²) in [5.74, 6) is 0.109. The van der Waals surface area contributed by atoms with Gasteiger partial charge in [0.25, 0.3) is 5.91 Å². The van der Waals surface area contributed by atoms with Crippen molar-refractivity contribution in [1.29, 1.82) is 0 Å².